The quantitative estimate of drug-likeness (QED) is 0.872. The highest BCUT2D eigenvalue weighted by Crippen LogP contribution is 2.33. The van der Waals surface area contributed by atoms with E-state index in [0.717, 1.165) is 11.4 Å². The van der Waals surface area contributed by atoms with E-state index in [1.165, 1.54) is 32.1 Å². The van der Waals surface area contributed by atoms with Crippen LogP contribution in [0.5, 0.6) is 5.75 Å². The van der Waals surface area contributed by atoms with Gasteiger partial charge in [0, 0.05) is 11.6 Å². The van der Waals surface area contributed by atoms with Crippen LogP contribution < -0.4 is 10.5 Å². The molecule has 1 fully saturated rings. The third-order valence-electron chi connectivity index (χ3n) is 4.03. The van der Waals surface area contributed by atoms with Crippen LogP contribution >= 0.6 is 0 Å². The molecule has 1 aromatic heterocycles. The van der Waals surface area contributed by atoms with Gasteiger partial charge in [0.2, 0.25) is 0 Å². The lowest BCUT2D eigenvalue weighted by Crippen LogP contribution is -2.13. The maximum absolute atomic E-state index is 5.98. The summed E-state index contributed by atoms with van der Waals surface area (Å²) in [5, 5.41) is 8.36. The number of hydrogen-bond donors (Lipinski definition) is 1. The molecule has 1 aliphatic carbocycles. The lowest BCUT2D eigenvalue weighted by atomic mass is 9.95. The van der Waals surface area contributed by atoms with Crippen LogP contribution in [-0.4, -0.2) is 21.9 Å². The Morgan fingerprint density at radius 3 is 2.75 bits per heavy atom. The van der Waals surface area contributed by atoms with Gasteiger partial charge >= 0.3 is 0 Å². The van der Waals surface area contributed by atoms with Crippen LogP contribution in [-0.2, 0) is 0 Å². The summed E-state index contributed by atoms with van der Waals surface area (Å²) < 4.78 is 7.39. The number of benzene rings is 1. The summed E-state index contributed by atoms with van der Waals surface area (Å²) in [5.74, 6) is 1.59. The summed E-state index contributed by atoms with van der Waals surface area (Å²) in [6, 6.07) is 6.28. The maximum Gasteiger partial charge on any atom is 0.164 e. The Bertz CT molecular complexity index is 587. The minimum Gasteiger partial charge on any atom is -0.495 e. The number of nitrogen functional groups attached to an aromatic ring is 1. The second kappa shape index (κ2) is 5.53. The highest BCUT2D eigenvalue weighted by Gasteiger charge is 2.19. The minimum absolute atomic E-state index is 0.511. The van der Waals surface area contributed by atoms with Crippen molar-refractivity contribution in [2.75, 3.05) is 12.8 Å². The SMILES string of the molecule is COc1ccc(-c2nncn2C2CCCCC2)cc1N. The van der Waals surface area contributed by atoms with Crippen molar-refractivity contribution in [1.82, 2.24) is 14.8 Å². The number of hydrogen-bond acceptors (Lipinski definition) is 4. The highest BCUT2D eigenvalue weighted by atomic mass is 16.5. The van der Waals surface area contributed by atoms with Gasteiger partial charge in [-0.2, -0.15) is 0 Å². The van der Waals surface area contributed by atoms with E-state index in [9.17, 15) is 0 Å². The van der Waals surface area contributed by atoms with Gasteiger partial charge in [0.05, 0.1) is 12.8 Å². The molecule has 3 rings (SSSR count). The smallest absolute Gasteiger partial charge is 0.164 e. The highest BCUT2D eigenvalue weighted by molar-refractivity contribution is 5.66. The van der Waals surface area contributed by atoms with Gasteiger partial charge in [0.25, 0.3) is 0 Å². The molecule has 0 radical (unpaired) electrons. The fourth-order valence-corrected chi connectivity index (χ4v) is 2.95. The maximum atomic E-state index is 5.98. The van der Waals surface area contributed by atoms with Gasteiger partial charge < -0.3 is 15.0 Å². The van der Waals surface area contributed by atoms with Crippen LogP contribution in [0.1, 0.15) is 38.1 Å². The van der Waals surface area contributed by atoms with Crippen LogP contribution in [0.25, 0.3) is 11.4 Å². The van der Waals surface area contributed by atoms with Crippen molar-refractivity contribution in [3.05, 3.63) is 24.5 Å². The molecule has 0 atom stereocenters. The van der Waals surface area contributed by atoms with Gasteiger partial charge in [-0.1, -0.05) is 19.3 Å². The van der Waals surface area contributed by atoms with Crippen LogP contribution in [0.15, 0.2) is 24.5 Å². The molecule has 0 aliphatic heterocycles. The molecule has 106 valence electrons. The Balaban J connectivity index is 1.94. The van der Waals surface area contributed by atoms with E-state index in [4.69, 9.17) is 10.5 Å². The fourth-order valence-electron chi connectivity index (χ4n) is 2.95. The van der Waals surface area contributed by atoms with Crippen molar-refractivity contribution in [3.63, 3.8) is 0 Å². The number of nitrogens with two attached hydrogens (primary N) is 1. The first-order valence-electron chi connectivity index (χ1n) is 7.13. The Kier molecular flexibility index (Phi) is 3.58. The summed E-state index contributed by atoms with van der Waals surface area (Å²) in [7, 11) is 1.62. The fraction of sp³-hybridized carbons (Fsp3) is 0.467. The molecule has 0 amide bonds. The second-order valence-corrected chi connectivity index (χ2v) is 5.31. The number of rotatable bonds is 3. The van der Waals surface area contributed by atoms with E-state index in [0.29, 0.717) is 17.5 Å². The number of aromatic nitrogens is 3. The molecule has 0 unspecified atom stereocenters. The van der Waals surface area contributed by atoms with E-state index >= 15 is 0 Å². The first-order chi connectivity index (χ1) is 9.79. The number of anilines is 1. The van der Waals surface area contributed by atoms with Crippen molar-refractivity contribution >= 4 is 5.69 Å². The number of ether oxygens (including phenoxy) is 1. The standard InChI is InChI=1S/C15H20N4O/c1-20-14-8-7-11(9-13(14)16)15-18-17-10-19(15)12-5-3-2-4-6-12/h7-10,12H,2-6,16H2,1H3. The predicted octanol–water partition coefficient (Wildman–Crippen LogP) is 3.04. The van der Waals surface area contributed by atoms with Crippen molar-refractivity contribution in [3.8, 4) is 17.1 Å². The van der Waals surface area contributed by atoms with Gasteiger partial charge in [0.1, 0.15) is 12.1 Å². The van der Waals surface area contributed by atoms with Crippen LogP contribution in [0.2, 0.25) is 0 Å². The summed E-state index contributed by atoms with van der Waals surface area (Å²) in [6.45, 7) is 0. The largest absolute Gasteiger partial charge is 0.495 e. The Morgan fingerprint density at radius 1 is 1.25 bits per heavy atom. The first kappa shape index (κ1) is 13.0. The zero-order chi connectivity index (χ0) is 13.9. The Hall–Kier alpha value is -2.04. The molecule has 1 saturated carbocycles. The summed E-state index contributed by atoms with van der Waals surface area (Å²) in [6.07, 6.45) is 8.16. The lowest BCUT2D eigenvalue weighted by Gasteiger charge is -2.24. The third-order valence-corrected chi connectivity index (χ3v) is 4.03. The molecular weight excluding hydrogens is 252 g/mol. The van der Waals surface area contributed by atoms with E-state index in [2.05, 4.69) is 14.8 Å². The average Bonchev–Trinajstić information content (AvgIpc) is 2.97. The topological polar surface area (TPSA) is 66.0 Å². The van der Waals surface area contributed by atoms with Crippen molar-refractivity contribution in [2.24, 2.45) is 0 Å². The molecule has 0 spiro atoms. The van der Waals surface area contributed by atoms with Crippen LogP contribution in [0.4, 0.5) is 5.69 Å². The zero-order valence-electron chi connectivity index (χ0n) is 11.7. The molecule has 0 bridgehead atoms. The predicted molar refractivity (Wildman–Crippen MR) is 78.5 cm³/mol. The molecule has 0 saturated heterocycles. The van der Waals surface area contributed by atoms with Crippen molar-refractivity contribution < 1.29 is 4.74 Å². The Labute approximate surface area is 118 Å². The molecule has 1 aromatic carbocycles. The molecule has 5 heteroatoms. The van der Waals surface area contributed by atoms with Crippen molar-refractivity contribution in [1.29, 1.82) is 0 Å². The van der Waals surface area contributed by atoms with E-state index in [1.54, 1.807) is 7.11 Å². The molecule has 5 nitrogen and oxygen atoms in total. The lowest BCUT2D eigenvalue weighted by molar-refractivity contribution is 0.355. The zero-order valence-corrected chi connectivity index (χ0v) is 11.7. The molecule has 2 N–H and O–H groups in total. The summed E-state index contributed by atoms with van der Waals surface area (Å²) in [5.41, 5.74) is 7.60. The van der Waals surface area contributed by atoms with Crippen LogP contribution in [0.3, 0.4) is 0 Å². The molecule has 1 heterocycles. The molecule has 2 aromatic rings. The summed E-state index contributed by atoms with van der Waals surface area (Å²) >= 11 is 0. The summed E-state index contributed by atoms with van der Waals surface area (Å²) in [4.78, 5) is 0. The van der Waals surface area contributed by atoms with E-state index < -0.39 is 0 Å². The number of nitrogens with zero attached hydrogens (tertiary/aromatic N) is 3. The monoisotopic (exact) mass is 272 g/mol. The average molecular weight is 272 g/mol. The van der Waals surface area contributed by atoms with Gasteiger partial charge in [-0.25, -0.2) is 0 Å². The third kappa shape index (κ3) is 2.35. The van der Waals surface area contributed by atoms with Crippen molar-refractivity contribution in [2.45, 2.75) is 38.1 Å². The van der Waals surface area contributed by atoms with Crippen LogP contribution in [0, 0.1) is 0 Å². The normalized spacial score (nSPS) is 16.2. The molecular formula is C15H20N4O. The van der Waals surface area contributed by atoms with Gasteiger partial charge in [-0.15, -0.1) is 10.2 Å². The first-order valence-corrected chi connectivity index (χ1v) is 7.13. The van der Waals surface area contributed by atoms with E-state index in [1.807, 2.05) is 24.5 Å². The van der Waals surface area contributed by atoms with Gasteiger partial charge in [-0.05, 0) is 31.0 Å². The molecule has 20 heavy (non-hydrogen) atoms. The molecule has 1 aliphatic rings. The van der Waals surface area contributed by atoms with Gasteiger partial charge in [-0.3, -0.25) is 0 Å². The second-order valence-electron chi connectivity index (χ2n) is 5.31. The Morgan fingerprint density at radius 2 is 2.05 bits per heavy atom. The van der Waals surface area contributed by atoms with E-state index in [-0.39, 0.29) is 0 Å². The number of methoxy groups -OCH3 is 1. The minimum atomic E-state index is 0.511. The van der Waals surface area contributed by atoms with Gasteiger partial charge in [0.15, 0.2) is 5.82 Å².